The van der Waals surface area contributed by atoms with Gasteiger partial charge in [-0.3, -0.25) is 14.9 Å². The molecule has 3 rings (SSSR count). The maximum absolute atomic E-state index is 12.9. The number of methoxy groups -OCH3 is 1. The van der Waals surface area contributed by atoms with Crippen LogP contribution in [-0.4, -0.2) is 74.5 Å². The van der Waals surface area contributed by atoms with Gasteiger partial charge in [0.2, 0.25) is 10.0 Å². The van der Waals surface area contributed by atoms with Crippen molar-refractivity contribution in [1.82, 2.24) is 9.21 Å². The minimum Gasteiger partial charge on any atom is -0.490 e. The number of hydrogen-bond donors (Lipinski definition) is 0. The Morgan fingerprint density at radius 3 is 2.48 bits per heavy atom. The van der Waals surface area contributed by atoms with E-state index in [1.165, 1.54) is 23.5 Å². The van der Waals surface area contributed by atoms with Crippen molar-refractivity contribution < 1.29 is 27.6 Å². The molecule has 1 saturated heterocycles. The second-order valence-electron chi connectivity index (χ2n) is 7.24. The fraction of sp³-hybridized carbons (Fsp3) is 0.611. The second-order valence-corrected chi connectivity index (χ2v) is 9.18. The molecule has 1 aliphatic heterocycles. The number of hydrogen-bond acceptors (Lipinski definition) is 7. The number of carbonyl (C=O) groups is 1. The van der Waals surface area contributed by atoms with E-state index in [2.05, 4.69) is 0 Å². The lowest BCUT2D eigenvalue weighted by Crippen LogP contribution is -2.52. The summed E-state index contributed by atoms with van der Waals surface area (Å²) in [6.07, 6.45) is 1.73. The summed E-state index contributed by atoms with van der Waals surface area (Å²) in [5, 5.41) is 11.2. The molecule has 1 aromatic rings. The van der Waals surface area contributed by atoms with E-state index in [1.807, 2.05) is 0 Å². The third kappa shape index (κ3) is 4.85. The van der Waals surface area contributed by atoms with Crippen molar-refractivity contribution in [1.29, 1.82) is 0 Å². The van der Waals surface area contributed by atoms with E-state index in [9.17, 15) is 23.3 Å². The number of benzene rings is 1. The number of carbonyl (C=O) groups excluding carboxylic acids is 1. The van der Waals surface area contributed by atoms with Crippen LogP contribution in [0.1, 0.15) is 19.8 Å². The molecule has 1 aromatic carbocycles. The van der Waals surface area contributed by atoms with E-state index in [-0.39, 0.29) is 42.7 Å². The quantitative estimate of drug-likeness (QED) is 0.452. The molecule has 160 valence electrons. The number of ether oxygens (including phenoxy) is 2. The molecular weight excluding hydrogens is 402 g/mol. The molecule has 11 heteroatoms. The molecular formula is C18H25N3O7S. The highest BCUT2D eigenvalue weighted by Crippen LogP contribution is 2.31. The predicted octanol–water partition coefficient (Wildman–Crippen LogP) is 1.25. The third-order valence-electron chi connectivity index (χ3n) is 5.16. The van der Waals surface area contributed by atoms with Gasteiger partial charge >= 0.3 is 5.69 Å². The summed E-state index contributed by atoms with van der Waals surface area (Å²) in [7, 11) is -2.64. The van der Waals surface area contributed by atoms with Crippen LogP contribution in [0.4, 0.5) is 5.69 Å². The Kier molecular flexibility index (Phi) is 6.39. The molecule has 2 fully saturated rings. The Morgan fingerprint density at radius 2 is 1.93 bits per heavy atom. The molecule has 1 saturated carbocycles. The molecule has 1 heterocycles. The van der Waals surface area contributed by atoms with E-state index < -0.39 is 26.7 Å². The smallest absolute Gasteiger partial charge is 0.312 e. The van der Waals surface area contributed by atoms with Crippen LogP contribution in [0.3, 0.4) is 0 Å². The minimum absolute atomic E-state index is 0.00967. The van der Waals surface area contributed by atoms with Crippen LogP contribution < -0.4 is 4.74 Å². The van der Waals surface area contributed by atoms with Crippen LogP contribution in [0.25, 0.3) is 0 Å². The van der Waals surface area contributed by atoms with Crippen LogP contribution in [0.5, 0.6) is 5.75 Å². The lowest BCUT2D eigenvalue weighted by atomic mass is 10.3. The van der Waals surface area contributed by atoms with Crippen molar-refractivity contribution in [2.45, 2.75) is 30.8 Å². The summed E-state index contributed by atoms with van der Waals surface area (Å²) in [5.41, 5.74) is -0.413. The number of nitrogens with zero attached hydrogens (tertiary/aromatic N) is 3. The number of nitro groups is 1. The summed E-state index contributed by atoms with van der Waals surface area (Å²) >= 11 is 0. The van der Waals surface area contributed by atoms with Gasteiger partial charge < -0.3 is 14.4 Å². The zero-order valence-electron chi connectivity index (χ0n) is 16.4. The van der Waals surface area contributed by atoms with Crippen LogP contribution in [-0.2, 0) is 19.6 Å². The predicted molar refractivity (Wildman–Crippen MR) is 103 cm³/mol. The highest BCUT2D eigenvalue weighted by molar-refractivity contribution is 7.89. The summed E-state index contributed by atoms with van der Waals surface area (Å²) in [6, 6.07) is 3.55. The second kappa shape index (κ2) is 8.64. The Hall–Kier alpha value is -2.24. The number of rotatable bonds is 8. The van der Waals surface area contributed by atoms with Crippen molar-refractivity contribution >= 4 is 21.6 Å². The number of amides is 1. The fourth-order valence-corrected chi connectivity index (χ4v) is 4.61. The largest absolute Gasteiger partial charge is 0.490 e. The van der Waals surface area contributed by atoms with E-state index >= 15 is 0 Å². The summed E-state index contributed by atoms with van der Waals surface area (Å²) in [4.78, 5) is 24.4. The van der Waals surface area contributed by atoms with Crippen molar-refractivity contribution in [3.05, 3.63) is 28.3 Å². The molecule has 29 heavy (non-hydrogen) atoms. The third-order valence-corrected chi connectivity index (χ3v) is 7.06. The Balaban J connectivity index is 1.64. The molecule has 2 aliphatic rings. The van der Waals surface area contributed by atoms with Crippen LogP contribution in [0.15, 0.2) is 23.1 Å². The Bertz CT molecular complexity index is 877. The van der Waals surface area contributed by atoms with Crippen molar-refractivity contribution in [3.8, 4) is 5.75 Å². The molecule has 0 bridgehead atoms. The lowest BCUT2D eigenvalue weighted by molar-refractivity contribution is -0.386. The highest BCUT2D eigenvalue weighted by atomic mass is 32.2. The van der Waals surface area contributed by atoms with Gasteiger partial charge in [0.15, 0.2) is 5.75 Å². The molecule has 0 radical (unpaired) electrons. The minimum atomic E-state index is -3.92. The topological polar surface area (TPSA) is 119 Å². The molecule has 10 nitrogen and oxygen atoms in total. The van der Waals surface area contributed by atoms with Crippen molar-refractivity contribution in [2.75, 3.05) is 39.9 Å². The van der Waals surface area contributed by atoms with Crippen LogP contribution in [0, 0.1) is 16.0 Å². The van der Waals surface area contributed by atoms with Gasteiger partial charge in [-0.15, -0.1) is 0 Å². The standard InChI is InChI=1S/C18H25N3O7S/c1-13(28-12-14-3-4-14)18(22)19-7-9-20(10-8-19)29(25,26)15-5-6-17(27-2)16(11-15)21(23)24/h5-6,11,13-14H,3-4,7-10,12H2,1-2H3. The molecule has 1 atom stereocenters. The maximum Gasteiger partial charge on any atom is 0.312 e. The molecule has 0 spiro atoms. The number of sulfonamides is 1. The van der Waals surface area contributed by atoms with Crippen molar-refractivity contribution in [3.63, 3.8) is 0 Å². The van der Waals surface area contributed by atoms with Gasteiger partial charge in [-0.2, -0.15) is 4.31 Å². The number of nitro benzene ring substituents is 1. The Labute approximate surface area is 169 Å². The van der Waals surface area contributed by atoms with E-state index in [0.717, 1.165) is 18.9 Å². The SMILES string of the molecule is COc1ccc(S(=O)(=O)N2CCN(C(=O)C(C)OCC3CC3)CC2)cc1[N+](=O)[O-]. The molecule has 1 aliphatic carbocycles. The first-order chi connectivity index (χ1) is 13.7. The Morgan fingerprint density at radius 1 is 1.28 bits per heavy atom. The average molecular weight is 427 g/mol. The van der Waals surface area contributed by atoms with Gasteiger partial charge in [-0.25, -0.2) is 8.42 Å². The maximum atomic E-state index is 12.9. The monoisotopic (exact) mass is 427 g/mol. The first-order valence-corrected chi connectivity index (χ1v) is 10.9. The normalized spacial score (nSPS) is 19.0. The summed E-state index contributed by atoms with van der Waals surface area (Å²) in [5.74, 6) is 0.396. The van der Waals surface area contributed by atoms with Crippen LogP contribution >= 0.6 is 0 Å². The zero-order valence-corrected chi connectivity index (χ0v) is 17.3. The van der Waals surface area contributed by atoms with Gasteiger partial charge in [0.05, 0.1) is 23.5 Å². The first-order valence-electron chi connectivity index (χ1n) is 9.47. The molecule has 0 aromatic heterocycles. The van der Waals surface area contributed by atoms with E-state index in [1.54, 1.807) is 11.8 Å². The summed E-state index contributed by atoms with van der Waals surface area (Å²) < 4.78 is 37.5. The van der Waals surface area contributed by atoms with Crippen molar-refractivity contribution in [2.24, 2.45) is 5.92 Å². The summed E-state index contributed by atoms with van der Waals surface area (Å²) in [6.45, 7) is 3.01. The van der Waals surface area contributed by atoms with Gasteiger partial charge in [0.25, 0.3) is 5.91 Å². The lowest BCUT2D eigenvalue weighted by Gasteiger charge is -2.35. The van der Waals surface area contributed by atoms with Gasteiger partial charge in [0, 0.05) is 32.2 Å². The number of piperazine rings is 1. The van der Waals surface area contributed by atoms with Gasteiger partial charge in [0.1, 0.15) is 6.10 Å². The first kappa shape index (κ1) is 21.5. The van der Waals surface area contributed by atoms with Gasteiger partial charge in [-0.1, -0.05) is 0 Å². The average Bonchev–Trinajstić information content (AvgIpc) is 3.55. The molecule has 1 unspecified atom stereocenters. The van der Waals surface area contributed by atoms with E-state index in [0.29, 0.717) is 12.5 Å². The molecule has 0 N–H and O–H groups in total. The molecule has 1 amide bonds. The fourth-order valence-electron chi connectivity index (χ4n) is 3.16. The van der Waals surface area contributed by atoms with Gasteiger partial charge in [-0.05, 0) is 37.8 Å². The van der Waals surface area contributed by atoms with E-state index in [4.69, 9.17) is 9.47 Å². The highest BCUT2D eigenvalue weighted by Gasteiger charge is 2.33. The zero-order chi connectivity index (χ0) is 21.2. The van der Waals surface area contributed by atoms with Crippen LogP contribution in [0.2, 0.25) is 0 Å².